The number of benzene rings is 1. The number of halogens is 1. The Morgan fingerprint density at radius 2 is 2.21 bits per heavy atom. The zero-order valence-corrected chi connectivity index (χ0v) is 12.0. The van der Waals surface area contributed by atoms with E-state index in [-0.39, 0.29) is 28.1 Å². The highest BCUT2D eigenvalue weighted by atomic mass is 35.5. The molecule has 0 aliphatic heterocycles. The van der Waals surface area contributed by atoms with E-state index in [0.717, 1.165) is 0 Å². The zero-order valence-electron chi connectivity index (χ0n) is 10.4. The molecule has 0 aliphatic rings. The Morgan fingerprint density at radius 1 is 1.58 bits per heavy atom. The van der Waals surface area contributed by atoms with E-state index in [1.807, 2.05) is 0 Å². The number of hydrogen-bond donors (Lipinski definition) is 1. The minimum Gasteiger partial charge on any atom is -0.351 e. The van der Waals surface area contributed by atoms with Crippen molar-refractivity contribution in [3.8, 4) is 0 Å². The molecule has 0 bridgehead atoms. The van der Waals surface area contributed by atoms with Crippen LogP contribution in [0.2, 0.25) is 5.02 Å². The number of nitro benzene ring substituents is 1. The molecular weight excluding hydrogens is 292 g/mol. The maximum absolute atomic E-state index is 11.8. The summed E-state index contributed by atoms with van der Waals surface area (Å²) < 4.78 is 11.1. The third kappa shape index (κ3) is 4.29. The van der Waals surface area contributed by atoms with Gasteiger partial charge in [0.1, 0.15) is 5.02 Å². The van der Waals surface area contributed by atoms with Crippen molar-refractivity contribution >= 4 is 34.0 Å². The average Bonchev–Trinajstić information content (AvgIpc) is 2.34. The second kappa shape index (κ2) is 6.63. The molecule has 0 aliphatic carbocycles. The summed E-state index contributed by atoms with van der Waals surface area (Å²) in [5.41, 5.74) is -0.0223. The summed E-state index contributed by atoms with van der Waals surface area (Å²) in [5.74, 6) is -0.408. The van der Waals surface area contributed by atoms with Crippen molar-refractivity contribution in [1.82, 2.24) is 5.32 Å². The molecule has 0 spiro atoms. The number of carbonyl (C=O) groups excluding carboxylic acids is 1. The lowest BCUT2D eigenvalue weighted by Crippen LogP contribution is -2.32. The van der Waals surface area contributed by atoms with Crippen molar-refractivity contribution in [2.45, 2.75) is 12.2 Å². The van der Waals surface area contributed by atoms with Gasteiger partial charge in [-0.25, -0.2) is 0 Å². The van der Waals surface area contributed by atoms with E-state index in [9.17, 15) is 19.1 Å². The van der Waals surface area contributed by atoms with Gasteiger partial charge in [0.15, 0.2) is 0 Å². The number of amides is 1. The molecule has 0 saturated carbocycles. The lowest BCUT2D eigenvalue weighted by molar-refractivity contribution is -0.384. The molecule has 8 heteroatoms. The number of carbonyl (C=O) groups is 1. The first-order chi connectivity index (χ1) is 8.82. The molecule has 0 heterocycles. The molecule has 1 aromatic rings. The fourth-order valence-electron chi connectivity index (χ4n) is 1.25. The van der Waals surface area contributed by atoms with E-state index in [2.05, 4.69) is 5.32 Å². The number of nitrogens with one attached hydrogen (secondary N) is 1. The SMILES string of the molecule is C[C@H](CNC(=O)c1ccc([N+](=O)[O-])c(Cl)c1)[S@@](C)=O. The molecule has 0 radical (unpaired) electrons. The monoisotopic (exact) mass is 304 g/mol. The third-order valence-corrected chi connectivity index (χ3v) is 4.13. The van der Waals surface area contributed by atoms with Gasteiger partial charge < -0.3 is 5.32 Å². The molecule has 0 unspecified atom stereocenters. The van der Waals surface area contributed by atoms with Crippen LogP contribution in [-0.4, -0.2) is 33.1 Å². The summed E-state index contributed by atoms with van der Waals surface area (Å²) in [6, 6.07) is 3.74. The number of nitro groups is 1. The number of hydrogen-bond acceptors (Lipinski definition) is 4. The molecule has 1 rings (SSSR count). The van der Waals surface area contributed by atoms with Crippen molar-refractivity contribution in [3.05, 3.63) is 38.9 Å². The molecule has 0 fully saturated rings. The van der Waals surface area contributed by atoms with Crippen LogP contribution in [0.25, 0.3) is 0 Å². The molecule has 6 nitrogen and oxygen atoms in total. The Labute approximate surface area is 117 Å². The predicted octanol–water partition coefficient (Wildman–Crippen LogP) is 1.75. The van der Waals surface area contributed by atoms with Crippen LogP contribution in [0.15, 0.2) is 18.2 Å². The maximum atomic E-state index is 11.8. The molecule has 0 aromatic heterocycles. The summed E-state index contributed by atoms with van der Waals surface area (Å²) in [4.78, 5) is 21.7. The average molecular weight is 305 g/mol. The van der Waals surface area contributed by atoms with Gasteiger partial charge in [0.05, 0.1) is 4.92 Å². The summed E-state index contributed by atoms with van der Waals surface area (Å²) in [6.07, 6.45) is 1.56. The van der Waals surface area contributed by atoms with Crippen LogP contribution in [0.4, 0.5) is 5.69 Å². The van der Waals surface area contributed by atoms with E-state index in [0.29, 0.717) is 0 Å². The van der Waals surface area contributed by atoms with Crippen molar-refractivity contribution in [3.63, 3.8) is 0 Å². The minimum atomic E-state index is -1.03. The maximum Gasteiger partial charge on any atom is 0.287 e. The largest absolute Gasteiger partial charge is 0.351 e. The van der Waals surface area contributed by atoms with Crippen LogP contribution < -0.4 is 5.32 Å². The standard InChI is InChI=1S/C11H13ClN2O4S/c1-7(19(2)18)6-13-11(15)8-3-4-10(14(16)17)9(12)5-8/h3-5,7H,6H2,1-2H3,(H,13,15)/t7-,19-/m1/s1. The molecule has 0 saturated heterocycles. The number of nitrogens with zero attached hydrogens (tertiary/aromatic N) is 1. The normalized spacial score (nSPS) is 13.6. The van der Waals surface area contributed by atoms with Gasteiger partial charge in [0.2, 0.25) is 0 Å². The highest BCUT2D eigenvalue weighted by molar-refractivity contribution is 7.84. The van der Waals surface area contributed by atoms with Crippen molar-refractivity contribution in [1.29, 1.82) is 0 Å². The van der Waals surface area contributed by atoms with Crippen LogP contribution in [0.1, 0.15) is 17.3 Å². The van der Waals surface area contributed by atoms with Crippen molar-refractivity contribution in [2.75, 3.05) is 12.8 Å². The summed E-state index contributed by atoms with van der Waals surface area (Å²) in [7, 11) is -1.03. The first-order valence-corrected chi connectivity index (χ1v) is 7.37. The van der Waals surface area contributed by atoms with Crippen LogP contribution in [0.3, 0.4) is 0 Å². The van der Waals surface area contributed by atoms with Gasteiger partial charge >= 0.3 is 0 Å². The van der Waals surface area contributed by atoms with Gasteiger partial charge in [-0.05, 0) is 19.1 Å². The molecule has 1 N–H and O–H groups in total. The van der Waals surface area contributed by atoms with Crippen LogP contribution in [0.5, 0.6) is 0 Å². The van der Waals surface area contributed by atoms with Gasteiger partial charge in [-0.15, -0.1) is 0 Å². The van der Waals surface area contributed by atoms with E-state index >= 15 is 0 Å². The van der Waals surface area contributed by atoms with Crippen molar-refractivity contribution < 1.29 is 13.9 Å². The van der Waals surface area contributed by atoms with E-state index < -0.39 is 21.6 Å². The van der Waals surface area contributed by atoms with Gasteiger partial charge in [0.25, 0.3) is 11.6 Å². The second-order valence-electron chi connectivity index (χ2n) is 3.94. The van der Waals surface area contributed by atoms with E-state index in [1.165, 1.54) is 18.2 Å². The van der Waals surface area contributed by atoms with Crippen LogP contribution in [-0.2, 0) is 10.8 Å². The van der Waals surface area contributed by atoms with Gasteiger partial charge in [0, 0.05) is 40.5 Å². The summed E-state index contributed by atoms with van der Waals surface area (Å²) in [5, 5.41) is 12.9. The first-order valence-electron chi connectivity index (χ1n) is 5.37. The highest BCUT2D eigenvalue weighted by Crippen LogP contribution is 2.24. The smallest absolute Gasteiger partial charge is 0.287 e. The lowest BCUT2D eigenvalue weighted by atomic mass is 10.2. The molecule has 19 heavy (non-hydrogen) atoms. The van der Waals surface area contributed by atoms with Crippen molar-refractivity contribution in [2.24, 2.45) is 0 Å². The fourth-order valence-corrected chi connectivity index (χ4v) is 1.82. The third-order valence-electron chi connectivity index (χ3n) is 2.52. The van der Waals surface area contributed by atoms with Crippen LogP contribution >= 0.6 is 11.6 Å². The number of rotatable bonds is 5. The summed E-state index contributed by atoms with van der Waals surface area (Å²) >= 11 is 5.71. The Kier molecular flexibility index (Phi) is 5.44. The topological polar surface area (TPSA) is 89.3 Å². The minimum absolute atomic E-state index is 0.0928. The molecule has 1 amide bonds. The van der Waals surface area contributed by atoms with Gasteiger partial charge in [-0.2, -0.15) is 0 Å². The first kappa shape index (κ1) is 15.6. The fraction of sp³-hybridized carbons (Fsp3) is 0.364. The Hall–Kier alpha value is -1.47. The molecule has 2 atom stereocenters. The Morgan fingerprint density at radius 3 is 2.68 bits per heavy atom. The quantitative estimate of drug-likeness (QED) is 0.663. The lowest BCUT2D eigenvalue weighted by Gasteiger charge is -2.10. The molecule has 1 aromatic carbocycles. The second-order valence-corrected chi connectivity index (χ2v) is 6.15. The Balaban J connectivity index is 2.76. The highest BCUT2D eigenvalue weighted by Gasteiger charge is 2.16. The summed E-state index contributed by atoms with van der Waals surface area (Å²) in [6.45, 7) is 2.01. The zero-order chi connectivity index (χ0) is 14.6. The van der Waals surface area contributed by atoms with Crippen LogP contribution in [0, 0.1) is 10.1 Å². The van der Waals surface area contributed by atoms with Gasteiger partial charge in [-0.3, -0.25) is 19.1 Å². The van der Waals surface area contributed by atoms with E-state index in [4.69, 9.17) is 11.6 Å². The molecular formula is C11H13ClN2O4S. The predicted molar refractivity (Wildman–Crippen MR) is 74.0 cm³/mol. The van der Waals surface area contributed by atoms with E-state index in [1.54, 1.807) is 13.2 Å². The Bertz CT molecular complexity index is 535. The van der Waals surface area contributed by atoms with Gasteiger partial charge in [-0.1, -0.05) is 11.6 Å². The molecule has 104 valence electrons.